The van der Waals surface area contributed by atoms with Gasteiger partial charge in [-0.3, -0.25) is 9.59 Å². The number of hydrogen-bond acceptors (Lipinski definition) is 2. The van der Waals surface area contributed by atoms with Gasteiger partial charge in [-0.25, -0.2) is 0 Å². The SMILES string of the molecule is C=CNC(=O)CC(C)=O.CC. The van der Waals surface area contributed by atoms with Crippen molar-refractivity contribution >= 4 is 11.7 Å². The maximum absolute atomic E-state index is 10.5. The average Bonchev–Trinajstić information content (AvgIpc) is 1.91. The molecule has 0 fully saturated rings. The molecule has 64 valence electrons. The quantitative estimate of drug-likeness (QED) is 0.627. The second-order valence-electron chi connectivity index (χ2n) is 1.65. The van der Waals surface area contributed by atoms with Crippen LogP contribution >= 0.6 is 0 Å². The van der Waals surface area contributed by atoms with Crippen LogP contribution in [0.3, 0.4) is 0 Å². The predicted octanol–water partition coefficient (Wildman–Crippen LogP) is 1.25. The van der Waals surface area contributed by atoms with E-state index in [1.165, 1.54) is 13.1 Å². The largest absolute Gasteiger partial charge is 0.333 e. The molecule has 0 rings (SSSR count). The molecule has 0 spiro atoms. The molecule has 0 saturated carbocycles. The van der Waals surface area contributed by atoms with Gasteiger partial charge in [-0.15, -0.1) is 0 Å². The first kappa shape index (κ1) is 12.5. The molecule has 0 saturated heterocycles. The minimum absolute atomic E-state index is 0.0635. The van der Waals surface area contributed by atoms with Crippen LogP contribution in [0.5, 0.6) is 0 Å². The van der Waals surface area contributed by atoms with Gasteiger partial charge in [0.2, 0.25) is 5.91 Å². The minimum atomic E-state index is -0.308. The molecule has 0 aromatic rings. The fourth-order valence-corrected chi connectivity index (χ4v) is 0.391. The lowest BCUT2D eigenvalue weighted by molar-refractivity contribution is -0.126. The Bertz CT molecular complexity index is 141. The molecule has 0 aliphatic heterocycles. The summed E-state index contributed by atoms with van der Waals surface area (Å²) in [6, 6.07) is 0. The molecule has 0 aromatic heterocycles. The van der Waals surface area contributed by atoms with E-state index in [-0.39, 0.29) is 18.1 Å². The van der Waals surface area contributed by atoms with Crippen molar-refractivity contribution in [2.24, 2.45) is 0 Å². The van der Waals surface area contributed by atoms with Crippen LogP contribution in [0.1, 0.15) is 27.2 Å². The third kappa shape index (κ3) is 12.2. The van der Waals surface area contributed by atoms with Crippen molar-refractivity contribution in [3.8, 4) is 0 Å². The highest BCUT2D eigenvalue weighted by Crippen LogP contribution is 1.79. The van der Waals surface area contributed by atoms with Crippen LogP contribution in [0, 0.1) is 0 Å². The summed E-state index contributed by atoms with van der Waals surface area (Å²) in [4.78, 5) is 20.7. The number of Topliss-reactive ketones (excluding diaryl/α,β-unsaturated/α-hetero) is 1. The van der Waals surface area contributed by atoms with Crippen LogP contribution in [0.4, 0.5) is 0 Å². The first-order valence-corrected chi connectivity index (χ1v) is 3.56. The molecule has 0 bridgehead atoms. The van der Waals surface area contributed by atoms with E-state index in [2.05, 4.69) is 11.9 Å². The number of carbonyl (C=O) groups excluding carboxylic acids is 2. The molecule has 0 unspecified atom stereocenters. The van der Waals surface area contributed by atoms with Crippen molar-refractivity contribution in [3.05, 3.63) is 12.8 Å². The van der Waals surface area contributed by atoms with Gasteiger partial charge in [0.1, 0.15) is 5.78 Å². The molecule has 0 aliphatic carbocycles. The molecular formula is C8H15NO2. The van der Waals surface area contributed by atoms with Crippen LogP contribution in [0.15, 0.2) is 12.8 Å². The van der Waals surface area contributed by atoms with E-state index in [4.69, 9.17) is 0 Å². The zero-order valence-electron chi connectivity index (χ0n) is 7.31. The lowest BCUT2D eigenvalue weighted by Crippen LogP contribution is -2.18. The highest BCUT2D eigenvalue weighted by molar-refractivity contribution is 5.97. The lowest BCUT2D eigenvalue weighted by atomic mass is 10.3. The third-order valence-corrected chi connectivity index (χ3v) is 0.673. The smallest absolute Gasteiger partial charge is 0.231 e. The normalized spacial score (nSPS) is 7.18. The van der Waals surface area contributed by atoms with E-state index in [1.54, 1.807) is 0 Å². The van der Waals surface area contributed by atoms with Gasteiger partial charge in [0, 0.05) is 0 Å². The van der Waals surface area contributed by atoms with E-state index in [0.29, 0.717) is 0 Å². The Morgan fingerprint density at radius 3 is 2.18 bits per heavy atom. The second-order valence-corrected chi connectivity index (χ2v) is 1.65. The van der Waals surface area contributed by atoms with Gasteiger partial charge in [0.25, 0.3) is 0 Å². The summed E-state index contributed by atoms with van der Waals surface area (Å²) < 4.78 is 0. The standard InChI is InChI=1S/C6H9NO2.C2H6/c1-3-7-6(9)4-5(2)8;1-2/h3H,1,4H2,2H3,(H,7,9);1-2H3. The lowest BCUT2D eigenvalue weighted by Gasteiger charge is -1.92. The summed E-state index contributed by atoms with van der Waals surface area (Å²) in [5, 5.41) is 2.28. The Balaban J connectivity index is 0. The molecule has 0 atom stereocenters. The van der Waals surface area contributed by atoms with Gasteiger partial charge in [0.05, 0.1) is 6.42 Å². The zero-order chi connectivity index (χ0) is 9.28. The maximum Gasteiger partial charge on any atom is 0.231 e. The topological polar surface area (TPSA) is 46.2 Å². The summed E-state index contributed by atoms with van der Waals surface area (Å²) in [6.07, 6.45) is 1.19. The van der Waals surface area contributed by atoms with Crippen molar-refractivity contribution in [2.75, 3.05) is 0 Å². The Morgan fingerprint density at radius 2 is 1.91 bits per heavy atom. The van der Waals surface area contributed by atoms with Crippen LogP contribution in [-0.4, -0.2) is 11.7 Å². The van der Waals surface area contributed by atoms with Crippen LogP contribution in [0.25, 0.3) is 0 Å². The van der Waals surface area contributed by atoms with Gasteiger partial charge in [-0.2, -0.15) is 0 Å². The minimum Gasteiger partial charge on any atom is -0.333 e. The van der Waals surface area contributed by atoms with E-state index >= 15 is 0 Å². The molecule has 1 N–H and O–H groups in total. The molecule has 3 heteroatoms. The molecule has 1 amide bonds. The molecule has 0 aromatic carbocycles. The number of amides is 1. The Morgan fingerprint density at radius 1 is 1.45 bits per heavy atom. The van der Waals surface area contributed by atoms with Gasteiger partial charge < -0.3 is 5.32 Å². The fourth-order valence-electron chi connectivity index (χ4n) is 0.391. The summed E-state index contributed by atoms with van der Waals surface area (Å²) in [7, 11) is 0. The molecule has 0 heterocycles. The van der Waals surface area contributed by atoms with E-state index in [0.717, 1.165) is 0 Å². The van der Waals surface area contributed by atoms with Crippen LogP contribution < -0.4 is 5.32 Å². The van der Waals surface area contributed by atoms with Gasteiger partial charge in [0.15, 0.2) is 0 Å². The Kier molecular flexibility index (Phi) is 10.1. The van der Waals surface area contributed by atoms with E-state index < -0.39 is 0 Å². The third-order valence-electron chi connectivity index (χ3n) is 0.673. The van der Waals surface area contributed by atoms with Crippen LogP contribution in [0.2, 0.25) is 0 Å². The van der Waals surface area contributed by atoms with E-state index in [1.807, 2.05) is 13.8 Å². The Hall–Kier alpha value is -1.12. The number of ketones is 1. The van der Waals surface area contributed by atoms with Gasteiger partial charge >= 0.3 is 0 Å². The highest BCUT2D eigenvalue weighted by Gasteiger charge is 2.00. The molecule has 0 radical (unpaired) electrons. The molecular weight excluding hydrogens is 142 g/mol. The molecule has 0 aliphatic rings. The van der Waals surface area contributed by atoms with Crippen molar-refractivity contribution in [2.45, 2.75) is 27.2 Å². The van der Waals surface area contributed by atoms with Gasteiger partial charge in [-0.05, 0) is 13.1 Å². The Labute approximate surface area is 67.5 Å². The average molecular weight is 157 g/mol. The van der Waals surface area contributed by atoms with Crippen molar-refractivity contribution in [1.82, 2.24) is 5.32 Å². The van der Waals surface area contributed by atoms with Crippen molar-refractivity contribution < 1.29 is 9.59 Å². The van der Waals surface area contributed by atoms with E-state index in [9.17, 15) is 9.59 Å². The summed E-state index contributed by atoms with van der Waals surface area (Å²) in [6.45, 7) is 8.63. The number of carbonyl (C=O) groups is 2. The van der Waals surface area contributed by atoms with Crippen molar-refractivity contribution in [1.29, 1.82) is 0 Å². The molecule has 3 nitrogen and oxygen atoms in total. The first-order chi connectivity index (χ1) is 5.16. The molecule has 11 heavy (non-hydrogen) atoms. The summed E-state index contributed by atoms with van der Waals surface area (Å²) >= 11 is 0. The highest BCUT2D eigenvalue weighted by atomic mass is 16.2. The predicted molar refractivity (Wildman–Crippen MR) is 45.0 cm³/mol. The summed E-state index contributed by atoms with van der Waals surface area (Å²) in [5.41, 5.74) is 0. The summed E-state index contributed by atoms with van der Waals surface area (Å²) in [5.74, 6) is -0.452. The fraction of sp³-hybridized carbons (Fsp3) is 0.500. The number of nitrogens with one attached hydrogen (secondary N) is 1. The number of rotatable bonds is 3. The zero-order valence-corrected chi connectivity index (χ0v) is 7.31. The second kappa shape index (κ2) is 8.88. The van der Waals surface area contributed by atoms with Gasteiger partial charge in [-0.1, -0.05) is 20.4 Å². The number of hydrogen-bond donors (Lipinski definition) is 1. The maximum atomic E-state index is 10.5. The monoisotopic (exact) mass is 157 g/mol. The first-order valence-electron chi connectivity index (χ1n) is 3.56. The van der Waals surface area contributed by atoms with Crippen molar-refractivity contribution in [3.63, 3.8) is 0 Å². The van der Waals surface area contributed by atoms with Crippen LogP contribution in [-0.2, 0) is 9.59 Å².